The van der Waals surface area contributed by atoms with E-state index in [0.717, 1.165) is 0 Å². The number of hydrogen-bond acceptors (Lipinski definition) is 3. The zero-order valence-corrected chi connectivity index (χ0v) is 8.10. The van der Waals surface area contributed by atoms with Gasteiger partial charge in [0.15, 0.2) is 0 Å². The predicted octanol–water partition coefficient (Wildman–Crippen LogP) is 0.501. The lowest BCUT2D eigenvalue weighted by molar-refractivity contribution is -0.139. The van der Waals surface area contributed by atoms with Gasteiger partial charge in [-0.05, 0) is 18.6 Å². The molecule has 15 heavy (non-hydrogen) atoms. The van der Waals surface area contributed by atoms with Crippen molar-refractivity contribution >= 4 is 11.9 Å². The molecule has 0 aromatic rings. The Balaban J connectivity index is 3.23. The van der Waals surface area contributed by atoms with E-state index in [-0.39, 0.29) is 11.3 Å². The number of carboxylic acid groups (broad SMARTS) is 2. The van der Waals surface area contributed by atoms with Gasteiger partial charge in [-0.15, -0.1) is 0 Å². The third-order valence-electron chi connectivity index (χ3n) is 2.20. The standard InChI is InChI=1S/C10H11NO4/c1-2-5-6(9(12)13)3-4-7(8(5)11)10(14)15/h2-4,6H,11H2,1H3,(H,12,13)(H,14,15). The Bertz CT molecular complexity index is 404. The van der Waals surface area contributed by atoms with Crippen LogP contribution in [-0.2, 0) is 9.59 Å². The van der Waals surface area contributed by atoms with Crippen LogP contribution in [0.1, 0.15) is 6.92 Å². The van der Waals surface area contributed by atoms with Crippen LogP contribution in [0.4, 0.5) is 0 Å². The van der Waals surface area contributed by atoms with Crippen LogP contribution < -0.4 is 5.73 Å². The first-order valence-electron chi connectivity index (χ1n) is 4.29. The number of carboxylic acids is 2. The molecule has 1 aliphatic rings. The highest BCUT2D eigenvalue weighted by molar-refractivity contribution is 5.94. The van der Waals surface area contributed by atoms with Crippen molar-refractivity contribution < 1.29 is 19.8 Å². The minimum absolute atomic E-state index is 0.0138. The van der Waals surface area contributed by atoms with E-state index in [9.17, 15) is 9.59 Å². The lowest BCUT2D eigenvalue weighted by atomic mass is 9.88. The first-order valence-corrected chi connectivity index (χ1v) is 4.29. The van der Waals surface area contributed by atoms with E-state index in [2.05, 4.69) is 0 Å². The maximum absolute atomic E-state index is 10.8. The molecule has 5 heteroatoms. The van der Waals surface area contributed by atoms with Gasteiger partial charge in [-0.25, -0.2) is 4.79 Å². The fraction of sp³-hybridized carbons (Fsp3) is 0.200. The van der Waals surface area contributed by atoms with E-state index in [4.69, 9.17) is 15.9 Å². The molecule has 1 atom stereocenters. The van der Waals surface area contributed by atoms with Gasteiger partial charge < -0.3 is 15.9 Å². The van der Waals surface area contributed by atoms with Gasteiger partial charge in [0.2, 0.25) is 0 Å². The summed E-state index contributed by atoms with van der Waals surface area (Å²) in [5, 5.41) is 17.6. The summed E-state index contributed by atoms with van der Waals surface area (Å²) >= 11 is 0. The molecule has 0 bridgehead atoms. The van der Waals surface area contributed by atoms with Gasteiger partial charge in [-0.1, -0.05) is 12.2 Å². The molecule has 5 nitrogen and oxygen atoms in total. The molecule has 0 radical (unpaired) electrons. The van der Waals surface area contributed by atoms with Crippen LogP contribution in [0.15, 0.2) is 35.1 Å². The average Bonchev–Trinajstić information content (AvgIpc) is 2.16. The second-order valence-corrected chi connectivity index (χ2v) is 3.05. The largest absolute Gasteiger partial charge is 0.481 e. The van der Waals surface area contributed by atoms with E-state index >= 15 is 0 Å². The number of allylic oxidation sites excluding steroid dienone is 2. The summed E-state index contributed by atoms with van der Waals surface area (Å²) in [6, 6.07) is 0. The molecule has 0 aliphatic heterocycles. The Labute approximate surface area is 86.2 Å². The van der Waals surface area contributed by atoms with Crippen LogP contribution in [0, 0.1) is 5.92 Å². The summed E-state index contributed by atoms with van der Waals surface area (Å²) in [6.45, 7) is 1.62. The van der Waals surface area contributed by atoms with Gasteiger partial charge in [0.05, 0.1) is 11.3 Å². The van der Waals surface area contributed by atoms with E-state index in [0.29, 0.717) is 5.57 Å². The molecule has 0 aromatic carbocycles. The first kappa shape index (κ1) is 11.0. The minimum atomic E-state index is -1.16. The molecule has 0 saturated carbocycles. The predicted molar refractivity (Wildman–Crippen MR) is 52.9 cm³/mol. The van der Waals surface area contributed by atoms with Crippen molar-refractivity contribution in [1.29, 1.82) is 0 Å². The average molecular weight is 209 g/mol. The Morgan fingerprint density at radius 1 is 1.47 bits per heavy atom. The Morgan fingerprint density at radius 3 is 2.47 bits per heavy atom. The van der Waals surface area contributed by atoms with Gasteiger partial charge in [0, 0.05) is 0 Å². The quantitative estimate of drug-likeness (QED) is 0.614. The molecule has 80 valence electrons. The van der Waals surface area contributed by atoms with Gasteiger partial charge in [-0.3, -0.25) is 4.79 Å². The zero-order valence-electron chi connectivity index (χ0n) is 8.10. The molecule has 0 aromatic heterocycles. The first-order chi connectivity index (χ1) is 6.99. The number of rotatable bonds is 2. The summed E-state index contributed by atoms with van der Waals surface area (Å²) in [5.41, 5.74) is 5.85. The monoisotopic (exact) mass is 209 g/mol. The smallest absolute Gasteiger partial charge is 0.337 e. The molecular weight excluding hydrogens is 198 g/mol. The summed E-state index contributed by atoms with van der Waals surface area (Å²) in [7, 11) is 0. The van der Waals surface area contributed by atoms with Crippen molar-refractivity contribution in [2.75, 3.05) is 0 Å². The molecule has 0 heterocycles. The van der Waals surface area contributed by atoms with Crippen molar-refractivity contribution in [3.63, 3.8) is 0 Å². The topological polar surface area (TPSA) is 101 Å². The highest BCUT2D eigenvalue weighted by Crippen LogP contribution is 2.26. The SMILES string of the molecule is CC=C1C(N)=C(C(=O)O)C=CC1C(=O)O. The maximum Gasteiger partial charge on any atom is 0.337 e. The van der Waals surface area contributed by atoms with Gasteiger partial charge in [0.25, 0.3) is 0 Å². The molecule has 4 N–H and O–H groups in total. The minimum Gasteiger partial charge on any atom is -0.481 e. The number of hydrogen-bond donors (Lipinski definition) is 3. The fourth-order valence-corrected chi connectivity index (χ4v) is 1.45. The summed E-state index contributed by atoms with van der Waals surface area (Å²) < 4.78 is 0. The Kier molecular flexibility index (Phi) is 2.94. The van der Waals surface area contributed by atoms with Crippen LogP contribution >= 0.6 is 0 Å². The van der Waals surface area contributed by atoms with Crippen LogP contribution in [-0.4, -0.2) is 22.2 Å². The fourth-order valence-electron chi connectivity index (χ4n) is 1.45. The molecule has 1 aliphatic carbocycles. The molecule has 0 saturated heterocycles. The number of nitrogens with two attached hydrogens (primary N) is 1. The van der Waals surface area contributed by atoms with Crippen LogP contribution in [0.5, 0.6) is 0 Å². The zero-order chi connectivity index (χ0) is 11.6. The van der Waals surface area contributed by atoms with Crippen molar-refractivity contribution in [3.05, 3.63) is 35.1 Å². The summed E-state index contributed by atoms with van der Waals surface area (Å²) in [6.07, 6.45) is 4.06. The van der Waals surface area contributed by atoms with Gasteiger partial charge in [0.1, 0.15) is 5.92 Å². The van der Waals surface area contributed by atoms with Crippen LogP contribution in [0.3, 0.4) is 0 Å². The number of carbonyl (C=O) groups is 2. The van der Waals surface area contributed by atoms with E-state index < -0.39 is 17.9 Å². The molecule has 0 fully saturated rings. The van der Waals surface area contributed by atoms with Gasteiger partial charge >= 0.3 is 11.9 Å². The molecule has 1 unspecified atom stereocenters. The highest BCUT2D eigenvalue weighted by Gasteiger charge is 2.27. The van der Waals surface area contributed by atoms with Crippen molar-refractivity contribution in [3.8, 4) is 0 Å². The Hall–Kier alpha value is -2.04. The lowest BCUT2D eigenvalue weighted by Crippen LogP contribution is -2.24. The van der Waals surface area contributed by atoms with E-state index in [1.807, 2.05) is 0 Å². The second kappa shape index (κ2) is 4.00. The van der Waals surface area contributed by atoms with Gasteiger partial charge in [-0.2, -0.15) is 0 Å². The van der Waals surface area contributed by atoms with Crippen molar-refractivity contribution in [1.82, 2.24) is 0 Å². The molecular formula is C10H11NO4. The highest BCUT2D eigenvalue weighted by atomic mass is 16.4. The maximum atomic E-state index is 10.8. The van der Waals surface area contributed by atoms with Crippen molar-refractivity contribution in [2.45, 2.75) is 6.92 Å². The molecule has 0 spiro atoms. The van der Waals surface area contributed by atoms with Crippen LogP contribution in [0.25, 0.3) is 0 Å². The second-order valence-electron chi connectivity index (χ2n) is 3.05. The normalized spacial score (nSPS) is 23.3. The molecule has 0 amide bonds. The van der Waals surface area contributed by atoms with E-state index in [1.165, 1.54) is 18.2 Å². The third kappa shape index (κ3) is 1.90. The number of aliphatic carboxylic acids is 2. The van der Waals surface area contributed by atoms with Crippen LogP contribution in [0.2, 0.25) is 0 Å². The summed E-state index contributed by atoms with van der Waals surface area (Å²) in [4.78, 5) is 21.6. The lowest BCUT2D eigenvalue weighted by Gasteiger charge is -2.18. The Morgan fingerprint density at radius 2 is 2.07 bits per heavy atom. The van der Waals surface area contributed by atoms with E-state index in [1.54, 1.807) is 6.92 Å². The van der Waals surface area contributed by atoms with Crippen molar-refractivity contribution in [2.24, 2.45) is 11.7 Å². The molecule has 1 rings (SSSR count). The third-order valence-corrected chi connectivity index (χ3v) is 2.20. The summed E-state index contributed by atoms with van der Waals surface area (Å²) in [5.74, 6) is -3.07.